The number of halogens is 3. The van der Waals surface area contributed by atoms with Crippen molar-refractivity contribution >= 4 is 35.1 Å². The van der Waals surface area contributed by atoms with Crippen LogP contribution in [0.5, 0.6) is 0 Å². The van der Waals surface area contributed by atoms with Crippen LogP contribution in [0.2, 0.25) is 10.0 Å². The molecule has 0 saturated carbocycles. The van der Waals surface area contributed by atoms with E-state index in [-0.39, 0.29) is 34.6 Å². The highest BCUT2D eigenvalue weighted by atomic mass is 35.5. The summed E-state index contributed by atoms with van der Waals surface area (Å²) in [6.45, 7) is 4.13. The summed E-state index contributed by atoms with van der Waals surface area (Å²) < 4.78 is 21.9. The van der Waals surface area contributed by atoms with E-state index in [2.05, 4.69) is 0 Å². The van der Waals surface area contributed by atoms with Crippen molar-refractivity contribution in [2.24, 2.45) is 11.8 Å². The minimum atomic E-state index is -2.41. The van der Waals surface area contributed by atoms with E-state index in [1.54, 1.807) is 31.2 Å². The van der Waals surface area contributed by atoms with Crippen molar-refractivity contribution in [1.29, 1.82) is 0 Å². The molecule has 2 heterocycles. The Bertz CT molecular complexity index is 1490. The van der Waals surface area contributed by atoms with Gasteiger partial charge in [-0.15, -0.1) is 0 Å². The molecule has 0 aliphatic carbocycles. The molecule has 1 saturated heterocycles. The monoisotopic (exact) mass is 615 g/mol. The Kier molecular flexibility index (Phi) is 8.40. The Morgan fingerprint density at radius 3 is 2.21 bits per heavy atom. The number of aliphatic carboxylic acids is 1. The van der Waals surface area contributed by atoms with Crippen molar-refractivity contribution in [2.75, 3.05) is 13.2 Å². The summed E-state index contributed by atoms with van der Waals surface area (Å²) >= 11 is 12.2. The molecule has 3 aromatic carbocycles. The van der Waals surface area contributed by atoms with Gasteiger partial charge in [-0.05, 0) is 79.6 Å². The lowest BCUT2D eigenvalue weighted by Gasteiger charge is -2.42. The maximum Gasteiger partial charge on any atom is 0.308 e. The predicted octanol–water partition coefficient (Wildman–Crippen LogP) is 6.27. The second kappa shape index (κ2) is 11.6. The molecule has 3 aromatic rings. The van der Waals surface area contributed by atoms with Crippen molar-refractivity contribution in [3.05, 3.63) is 104 Å². The van der Waals surface area contributed by atoms with Crippen LogP contribution < -0.4 is 0 Å². The minimum Gasteiger partial charge on any atom is -0.481 e. The van der Waals surface area contributed by atoms with Crippen LogP contribution in [0.1, 0.15) is 71.8 Å². The third kappa shape index (κ3) is 4.99. The molecule has 0 spiro atoms. The van der Waals surface area contributed by atoms with Crippen molar-refractivity contribution in [3.63, 3.8) is 0 Å². The van der Waals surface area contributed by atoms with Crippen molar-refractivity contribution in [3.8, 4) is 0 Å². The van der Waals surface area contributed by atoms with Gasteiger partial charge < -0.3 is 20.1 Å². The van der Waals surface area contributed by atoms with Crippen molar-refractivity contribution in [2.45, 2.75) is 50.5 Å². The van der Waals surface area contributed by atoms with E-state index in [1.165, 1.54) is 43.3 Å². The molecule has 0 radical (unpaired) electrons. The van der Waals surface area contributed by atoms with Crippen LogP contribution in [-0.2, 0) is 20.9 Å². The van der Waals surface area contributed by atoms with Crippen LogP contribution in [-0.4, -0.2) is 45.3 Å². The van der Waals surface area contributed by atoms with E-state index in [0.717, 1.165) is 4.90 Å². The van der Waals surface area contributed by atoms with E-state index < -0.39 is 41.0 Å². The molecule has 2 aliphatic rings. The van der Waals surface area contributed by atoms with E-state index >= 15 is 4.39 Å². The van der Waals surface area contributed by atoms with Gasteiger partial charge in [0.15, 0.2) is 5.72 Å². The summed E-state index contributed by atoms with van der Waals surface area (Å²) in [7, 11) is 0. The Balaban J connectivity index is 1.76. The highest BCUT2D eigenvalue weighted by Crippen LogP contribution is 2.51. The number of carboxylic acids is 1. The Morgan fingerprint density at radius 1 is 1.10 bits per heavy atom. The van der Waals surface area contributed by atoms with Gasteiger partial charge in [0.05, 0.1) is 28.7 Å². The van der Waals surface area contributed by atoms with E-state index in [4.69, 9.17) is 27.9 Å². The van der Waals surface area contributed by atoms with Gasteiger partial charge in [0.2, 0.25) is 0 Å². The molecule has 42 heavy (non-hydrogen) atoms. The standard InChI is InChI=1S/C32H32Cl2FNO6/c1-3-31(40,20-12-14-42-15-13-20)22-16-25-27(26(35)17-22)32(41,21-6-10-24(34)11-7-21)36(29(25)37)28(18(2)30(38)39)19-4-8-23(33)9-5-19/h4-11,16-18,20,28,40-41H,3,12-15H2,1-2H3,(H,38,39)/t18-,28-,31-,32-/m0/s1. The molecule has 222 valence electrons. The smallest absolute Gasteiger partial charge is 0.308 e. The number of rotatable bonds is 8. The van der Waals surface area contributed by atoms with Crippen LogP contribution in [0.3, 0.4) is 0 Å². The predicted molar refractivity (Wildman–Crippen MR) is 156 cm³/mol. The highest BCUT2D eigenvalue weighted by molar-refractivity contribution is 6.30. The number of hydrogen-bond donors (Lipinski definition) is 3. The molecule has 7 nitrogen and oxygen atoms in total. The van der Waals surface area contributed by atoms with Gasteiger partial charge >= 0.3 is 5.97 Å². The van der Waals surface area contributed by atoms with Crippen molar-refractivity contribution in [1.82, 2.24) is 4.90 Å². The highest BCUT2D eigenvalue weighted by Gasteiger charge is 2.57. The van der Waals surface area contributed by atoms with Crippen molar-refractivity contribution < 1.29 is 34.0 Å². The normalized spacial score (nSPS) is 22.0. The molecule has 1 amide bonds. The lowest BCUT2D eigenvalue weighted by Crippen LogP contribution is -2.49. The van der Waals surface area contributed by atoms with Gasteiger partial charge in [0.1, 0.15) is 5.82 Å². The van der Waals surface area contributed by atoms with Gasteiger partial charge in [-0.3, -0.25) is 14.5 Å². The lowest BCUT2D eigenvalue weighted by molar-refractivity contribution is -0.147. The van der Waals surface area contributed by atoms with Gasteiger partial charge in [-0.2, -0.15) is 0 Å². The summed E-state index contributed by atoms with van der Waals surface area (Å²) in [4.78, 5) is 27.8. The Hall–Kier alpha value is -3.01. The third-order valence-electron chi connectivity index (χ3n) is 8.77. The molecule has 5 rings (SSSR count). The summed E-state index contributed by atoms with van der Waals surface area (Å²) in [5, 5.41) is 35.3. The molecular weight excluding hydrogens is 584 g/mol. The number of carbonyl (C=O) groups is 2. The van der Waals surface area contributed by atoms with Crippen LogP contribution in [0.25, 0.3) is 0 Å². The van der Waals surface area contributed by atoms with Gasteiger partial charge in [0, 0.05) is 28.8 Å². The molecule has 2 aliphatic heterocycles. The molecule has 10 heteroatoms. The molecule has 3 N–H and O–H groups in total. The zero-order valence-corrected chi connectivity index (χ0v) is 24.7. The molecule has 0 unspecified atom stereocenters. The van der Waals surface area contributed by atoms with E-state index in [9.17, 15) is 24.9 Å². The molecule has 0 bridgehead atoms. The average molecular weight is 617 g/mol. The first kappa shape index (κ1) is 30.4. The number of fused-ring (bicyclic) bond motifs is 1. The zero-order valence-electron chi connectivity index (χ0n) is 23.2. The SMILES string of the molecule is CC[C@@](O)(c1cc(F)c2c(c1)C(=O)N([C@H](c1ccc(Cl)cc1)[C@H](C)C(=O)O)[C@]2(O)c1ccc(Cl)cc1)C1CCOCC1. The second-order valence-corrected chi connectivity index (χ2v) is 11.9. The maximum atomic E-state index is 16.4. The molecular formula is C32H32Cl2FNO6. The molecule has 4 atom stereocenters. The topological polar surface area (TPSA) is 107 Å². The largest absolute Gasteiger partial charge is 0.481 e. The van der Waals surface area contributed by atoms with Gasteiger partial charge in [-0.1, -0.05) is 54.4 Å². The van der Waals surface area contributed by atoms with Crippen LogP contribution in [0.4, 0.5) is 4.39 Å². The summed E-state index contributed by atoms with van der Waals surface area (Å²) in [6, 6.07) is 13.6. The summed E-state index contributed by atoms with van der Waals surface area (Å²) in [5.41, 5.74) is -3.60. The first-order valence-corrected chi connectivity index (χ1v) is 14.6. The van der Waals surface area contributed by atoms with E-state index in [0.29, 0.717) is 41.7 Å². The average Bonchev–Trinajstić information content (AvgIpc) is 3.21. The third-order valence-corrected chi connectivity index (χ3v) is 9.28. The number of hydrogen-bond acceptors (Lipinski definition) is 5. The Labute approximate surface area is 253 Å². The fourth-order valence-corrected chi connectivity index (χ4v) is 6.68. The van der Waals surface area contributed by atoms with Gasteiger partial charge in [0.25, 0.3) is 5.91 Å². The lowest BCUT2D eigenvalue weighted by atomic mass is 9.74. The summed E-state index contributed by atoms with van der Waals surface area (Å²) in [6.07, 6.45) is 1.39. The number of nitrogens with zero attached hydrogens (tertiary/aromatic N) is 1. The zero-order chi connectivity index (χ0) is 30.4. The second-order valence-electron chi connectivity index (χ2n) is 11.0. The van der Waals surface area contributed by atoms with Crippen LogP contribution in [0, 0.1) is 17.7 Å². The fraction of sp³-hybridized carbons (Fsp3) is 0.375. The molecule has 1 fully saturated rings. The number of ether oxygens (including phenoxy) is 1. The quantitative estimate of drug-likeness (QED) is 0.276. The summed E-state index contributed by atoms with van der Waals surface area (Å²) in [5.74, 6) is -4.35. The number of carboxylic acid groups (broad SMARTS) is 1. The number of benzene rings is 3. The van der Waals surface area contributed by atoms with Crippen LogP contribution in [0.15, 0.2) is 60.7 Å². The number of aliphatic hydroxyl groups is 2. The maximum absolute atomic E-state index is 16.4. The first-order valence-electron chi connectivity index (χ1n) is 13.9. The number of amides is 1. The first-order chi connectivity index (χ1) is 19.9. The fourth-order valence-electron chi connectivity index (χ4n) is 6.43. The van der Waals surface area contributed by atoms with E-state index in [1.807, 2.05) is 0 Å². The Morgan fingerprint density at radius 2 is 1.67 bits per heavy atom. The van der Waals surface area contributed by atoms with Crippen LogP contribution >= 0.6 is 23.2 Å². The number of carbonyl (C=O) groups excluding carboxylic acids is 1. The van der Waals surface area contributed by atoms with Gasteiger partial charge in [-0.25, -0.2) is 4.39 Å². The molecule has 0 aromatic heterocycles. The minimum absolute atomic E-state index is 0.123.